The predicted octanol–water partition coefficient (Wildman–Crippen LogP) is 4.08. The van der Waals surface area contributed by atoms with Crippen molar-refractivity contribution in [2.24, 2.45) is 11.8 Å². The molecule has 12 heterocycles. The molecule has 0 amide bonds. The molecule has 87 heavy (non-hydrogen) atoms. The highest BCUT2D eigenvalue weighted by Gasteiger charge is 2.32. The SMILES string of the molecule is C(CCOCC1CO1)COCC1CO1.C(COCC1CO1)OCC1CO1.C1CC(COCC2CO2)CCC1COCC1CO1.CC(C)(COCC1CO1)OCC1CO1.CC(COCC1CO1)OCC1CO1.c1cc(OCC2CO2)cc(OCC2CO2)c1. The van der Waals surface area contributed by atoms with Gasteiger partial charge >= 0.3 is 0 Å². The summed E-state index contributed by atoms with van der Waals surface area (Å²) in [6.45, 7) is 31.0. The Morgan fingerprint density at radius 1 is 0.368 bits per heavy atom. The molecule has 0 spiro atoms. The number of ether oxygens (including phenoxy) is 24. The minimum atomic E-state index is -0.221. The minimum absolute atomic E-state index is 0.156. The van der Waals surface area contributed by atoms with E-state index in [-0.39, 0.29) is 23.9 Å². The second kappa shape index (κ2) is 39.5. The standard InChI is InChI=1S/C14H24O4.C12H14O4.2C10H18O4.C9H16O4.C8H14O4/c1-2-12(6-16-8-14-10-18-14)4-3-11(1)5-15-7-13-9-17-13;1-2-9(13-5-11-7-15-11)4-10(3-1)14-6-12-8-16-12;1-10(2,14-6-9-5-13-9)7-11-3-8-4-12-8;1(3-11-5-9-7-13-9)2-4-12-6-10-8-14-10;1-7(11-4-9-6-13-9)2-10-3-8-5-12-8;1(9-3-7-5-11-7)2-10-4-8-6-12-8/h11-14H,1-10H2;1-4,11-12H,5-8H2;8-9H,3-7H2,1-2H3;9-10H,1-8H2;7-9H,2-6H2,1H3;7-8H,1-6H2. The smallest absolute Gasteiger partial charge is 0.123 e. The van der Waals surface area contributed by atoms with Crippen LogP contribution in [0.2, 0.25) is 0 Å². The quantitative estimate of drug-likeness (QED) is 0.0658. The molecule has 14 rings (SSSR count). The largest absolute Gasteiger partial charge is 0.491 e. The Hall–Kier alpha value is -2.06. The second-order valence-electron chi connectivity index (χ2n) is 24.8. The lowest BCUT2D eigenvalue weighted by molar-refractivity contribution is -0.0803. The predicted molar refractivity (Wildman–Crippen MR) is 311 cm³/mol. The molecule has 1 aliphatic carbocycles. The lowest BCUT2D eigenvalue weighted by Gasteiger charge is -2.28. The fourth-order valence-corrected chi connectivity index (χ4v) is 8.17. The number of epoxide rings is 12. The van der Waals surface area contributed by atoms with Crippen molar-refractivity contribution in [2.75, 3.05) is 211 Å². The summed E-state index contributed by atoms with van der Waals surface area (Å²) in [6.07, 6.45) is 11.7. The summed E-state index contributed by atoms with van der Waals surface area (Å²) in [7, 11) is 0. The summed E-state index contributed by atoms with van der Waals surface area (Å²) in [5, 5.41) is 0. The fourth-order valence-electron chi connectivity index (χ4n) is 8.17. The third kappa shape index (κ3) is 39.2. The summed E-state index contributed by atoms with van der Waals surface area (Å²) in [5.74, 6) is 3.16. The molecule has 24 nitrogen and oxygen atoms in total. The van der Waals surface area contributed by atoms with Crippen molar-refractivity contribution in [3.05, 3.63) is 24.3 Å². The van der Waals surface area contributed by atoms with Crippen molar-refractivity contribution in [2.45, 2.75) is 144 Å². The van der Waals surface area contributed by atoms with Crippen LogP contribution in [0.3, 0.4) is 0 Å². The maximum Gasteiger partial charge on any atom is 0.123 e. The average molecular weight is 1250 g/mol. The van der Waals surface area contributed by atoms with Crippen LogP contribution in [0.15, 0.2) is 24.3 Å². The third-order valence-corrected chi connectivity index (χ3v) is 14.8. The van der Waals surface area contributed by atoms with Crippen molar-refractivity contribution in [1.29, 1.82) is 0 Å². The molecule has 13 aliphatic rings. The van der Waals surface area contributed by atoms with Crippen LogP contribution in [0.25, 0.3) is 0 Å². The van der Waals surface area contributed by atoms with Crippen molar-refractivity contribution in [1.82, 2.24) is 0 Å². The van der Waals surface area contributed by atoms with E-state index in [0.717, 1.165) is 168 Å². The molecule has 1 saturated carbocycles. The van der Waals surface area contributed by atoms with E-state index < -0.39 is 0 Å². The van der Waals surface area contributed by atoms with Gasteiger partial charge in [0.1, 0.15) is 98.0 Å². The van der Waals surface area contributed by atoms with Gasteiger partial charge in [0.25, 0.3) is 0 Å². The molecule has 13 atom stereocenters. The lowest BCUT2D eigenvalue weighted by atomic mass is 9.83. The van der Waals surface area contributed by atoms with Crippen molar-refractivity contribution >= 4 is 0 Å². The first-order valence-corrected chi connectivity index (χ1v) is 32.3. The number of rotatable bonds is 44. The van der Waals surface area contributed by atoms with E-state index in [2.05, 4.69) is 0 Å². The van der Waals surface area contributed by atoms with E-state index in [1.165, 1.54) is 25.7 Å². The molecule has 13 fully saturated rings. The van der Waals surface area contributed by atoms with Gasteiger partial charge in [0, 0.05) is 32.5 Å². The van der Waals surface area contributed by atoms with E-state index >= 15 is 0 Å². The van der Waals surface area contributed by atoms with Crippen LogP contribution in [0, 0.1) is 11.8 Å². The molecule has 0 bridgehead atoms. The molecule has 0 N–H and O–H groups in total. The highest BCUT2D eigenvalue weighted by Crippen LogP contribution is 2.30. The van der Waals surface area contributed by atoms with Gasteiger partial charge in [-0.15, -0.1) is 0 Å². The Kier molecular flexibility index (Phi) is 31.4. The zero-order valence-electron chi connectivity index (χ0n) is 52.1. The molecule has 500 valence electrons. The van der Waals surface area contributed by atoms with Crippen LogP contribution in [-0.2, 0) is 104 Å². The molecule has 1 aromatic carbocycles. The first-order valence-electron chi connectivity index (χ1n) is 32.3. The molecule has 0 aromatic heterocycles. The van der Waals surface area contributed by atoms with E-state index in [1.54, 1.807) is 0 Å². The highest BCUT2D eigenvalue weighted by molar-refractivity contribution is 5.33. The van der Waals surface area contributed by atoms with Gasteiger partial charge < -0.3 is 114 Å². The van der Waals surface area contributed by atoms with Crippen molar-refractivity contribution < 1.29 is 114 Å². The zero-order valence-corrected chi connectivity index (χ0v) is 52.1. The highest BCUT2D eigenvalue weighted by atomic mass is 16.7. The van der Waals surface area contributed by atoms with Crippen LogP contribution in [0.1, 0.15) is 59.3 Å². The van der Waals surface area contributed by atoms with Gasteiger partial charge in [0.05, 0.1) is 183 Å². The Balaban J connectivity index is 0.000000125. The zero-order chi connectivity index (χ0) is 60.0. The minimum Gasteiger partial charge on any atom is -0.491 e. The molecule has 12 saturated heterocycles. The molecule has 12 aliphatic heterocycles. The molecule has 24 heteroatoms. The van der Waals surface area contributed by atoms with Crippen LogP contribution in [0.5, 0.6) is 11.5 Å². The average Bonchev–Trinajstić information content (AvgIpc) is 4.39. The lowest BCUT2D eigenvalue weighted by Crippen LogP contribution is -2.32. The maximum atomic E-state index is 5.68. The van der Waals surface area contributed by atoms with Gasteiger partial charge in [0.2, 0.25) is 0 Å². The van der Waals surface area contributed by atoms with E-state index in [1.807, 2.05) is 45.0 Å². The first-order chi connectivity index (χ1) is 42.7. The Bertz CT molecular complexity index is 1810. The Morgan fingerprint density at radius 2 is 0.678 bits per heavy atom. The molecular formula is C63H104O24. The molecular weight excluding hydrogens is 1140 g/mol. The maximum absolute atomic E-state index is 5.68. The van der Waals surface area contributed by atoms with E-state index in [0.29, 0.717) is 140 Å². The summed E-state index contributed by atoms with van der Waals surface area (Å²) < 4.78 is 126. The number of unbranched alkanes of at least 4 members (excludes halogenated alkanes) is 1. The van der Waals surface area contributed by atoms with Gasteiger partial charge in [-0.05, 0) is 83.3 Å². The number of hydrogen-bond acceptors (Lipinski definition) is 24. The molecule has 13 unspecified atom stereocenters. The van der Waals surface area contributed by atoms with Gasteiger partial charge in [-0.1, -0.05) is 6.07 Å². The first kappa shape index (κ1) is 69.3. The number of benzene rings is 1. The summed E-state index contributed by atoms with van der Waals surface area (Å²) in [6, 6.07) is 7.66. The Labute approximate surface area is 515 Å². The van der Waals surface area contributed by atoms with Crippen LogP contribution < -0.4 is 9.47 Å². The van der Waals surface area contributed by atoms with Crippen LogP contribution in [-0.4, -0.2) is 296 Å². The summed E-state index contributed by atoms with van der Waals surface area (Å²) in [4.78, 5) is 0. The molecule has 0 radical (unpaired) electrons. The van der Waals surface area contributed by atoms with Gasteiger partial charge in [-0.2, -0.15) is 0 Å². The monoisotopic (exact) mass is 1240 g/mol. The van der Waals surface area contributed by atoms with Gasteiger partial charge in [-0.3, -0.25) is 0 Å². The van der Waals surface area contributed by atoms with Gasteiger partial charge in [-0.25, -0.2) is 0 Å². The summed E-state index contributed by atoms with van der Waals surface area (Å²) >= 11 is 0. The van der Waals surface area contributed by atoms with Crippen molar-refractivity contribution in [3.8, 4) is 11.5 Å². The topological polar surface area (TPSA) is 261 Å². The van der Waals surface area contributed by atoms with E-state index in [9.17, 15) is 0 Å². The molecule has 1 aromatic rings. The van der Waals surface area contributed by atoms with Crippen LogP contribution >= 0.6 is 0 Å². The third-order valence-electron chi connectivity index (χ3n) is 14.8. The van der Waals surface area contributed by atoms with Gasteiger partial charge in [0.15, 0.2) is 0 Å². The van der Waals surface area contributed by atoms with Crippen molar-refractivity contribution in [3.63, 3.8) is 0 Å². The van der Waals surface area contributed by atoms with Crippen LogP contribution in [0.4, 0.5) is 0 Å². The summed E-state index contributed by atoms with van der Waals surface area (Å²) in [5.41, 5.74) is -0.221. The van der Waals surface area contributed by atoms with E-state index in [4.69, 9.17) is 114 Å². The number of hydrogen-bond donors (Lipinski definition) is 0. The second-order valence-corrected chi connectivity index (χ2v) is 24.8. The normalized spacial score (nSPS) is 31.8. The Morgan fingerprint density at radius 3 is 1.06 bits per heavy atom. The fraction of sp³-hybridized carbons (Fsp3) is 0.905.